The zero-order valence-electron chi connectivity index (χ0n) is 10.2. The van der Waals surface area contributed by atoms with E-state index >= 15 is 0 Å². The van der Waals surface area contributed by atoms with Crippen molar-refractivity contribution in [1.82, 2.24) is 0 Å². The molecule has 0 fully saturated rings. The number of sulfone groups is 1. The first-order chi connectivity index (χ1) is 7.97. The third-order valence-corrected chi connectivity index (χ3v) is 4.27. The monoisotopic (exact) mass is 257 g/mol. The minimum atomic E-state index is -3.20. The molecule has 4 nitrogen and oxygen atoms in total. The molecule has 1 unspecified atom stereocenters. The van der Waals surface area contributed by atoms with E-state index in [-0.39, 0.29) is 5.75 Å². The van der Waals surface area contributed by atoms with Gasteiger partial charge in [0.25, 0.3) is 0 Å². The number of para-hydroxylation sites is 1. The van der Waals surface area contributed by atoms with Gasteiger partial charge in [0.2, 0.25) is 0 Å². The molecule has 0 radical (unpaired) electrons. The number of aliphatic hydroxyl groups is 1. The molecule has 0 heterocycles. The van der Waals surface area contributed by atoms with Crippen LogP contribution in [0.4, 0.5) is 5.69 Å². The summed E-state index contributed by atoms with van der Waals surface area (Å²) in [7, 11) is -3.20. The van der Waals surface area contributed by atoms with Crippen molar-refractivity contribution in [2.24, 2.45) is 0 Å². The van der Waals surface area contributed by atoms with Crippen LogP contribution in [0, 0.1) is 0 Å². The van der Waals surface area contributed by atoms with Gasteiger partial charge in [-0.3, -0.25) is 0 Å². The number of anilines is 1. The van der Waals surface area contributed by atoms with E-state index in [1.165, 1.54) is 0 Å². The van der Waals surface area contributed by atoms with E-state index in [2.05, 4.69) is 5.32 Å². The van der Waals surface area contributed by atoms with Crippen molar-refractivity contribution >= 4 is 15.5 Å². The molecule has 0 aliphatic rings. The molecule has 96 valence electrons. The van der Waals surface area contributed by atoms with Gasteiger partial charge < -0.3 is 10.4 Å². The van der Waals surface area contributed by atoms with Crippen molar-refractivity contribution in [3.05, 3.63) is 24.3 Å². The Hall–Kier alpha value is -1.07. The molecule has 1 rings (SSSR count). The Morgan fingerprint density at radius 1 is 1.35 bits per heavy atom. The molecule has 0 saturated carbocycles. The Morgan fingerprint density at radius 3 is 2.59 bits per heavy atom. The van der Waals surface area contributed by atoms with Crippen LogP contribution in [0.1, 0.15) is 20.3 Å². The van der Waals surface area contributed by atoms with Gasteiger partial charge in [-0.1, -0.05) is 19.1 Å². The molecular formula is C12H19NO3S. The molecule has 0 saturated heterocycles. The largest absolute Gasteiger partial charge is 0.393 e. The van der Waals surface area contributed by atoms with Crippen molar-refractivity contribution in [3.63, 3.8) is 0 Å². The van der Waals surface area contributed by atoms with Gasteiger partial charge in [-0.2, -0.15) is 0 Å². The average Bonchev–Trinajstić information content (AvgIpc) is 2.29. The van der Waals surface area contributed by atoms with E-state index in [1.54, 1.807) is 38.1 Å². The lowest BCUT2D eigenvalue weighted by molar-refractivity contribution is 0.188. The molecule has 1 aromatic rings. The smallest absolute Gasteiger partial charge is 0.180 e. The lowest BCUT2D eigenvalue weighted by Gasteiger charge is -2.12. The molecule has 0 aliphatic carbocycles. The normalized spacial score (nSPS) is 13.4. The first kappa shape index (κ1) is 14.0. The second-order valence-corrected chi connectivity index (χ2v) is 6.21. The van der Waals surface area contributed by atoms with Gasteiger partial charge in [0.05, 0.1) is 22.4 Å². The van der Waals surface area contributed by atoms with E-state index < -0.39 is 15.9 Å². The van der Waals surface area contributed by atoms with Crippen LogP contribution in [0.15, 0.2) is 29.2 Å². The second kappa shape index (κ2) is 6.02. The van der Waals surface area contributed by atoms with Crippen molar-refractivity contribution in [1.29, 1.82) is 0 Å². The van der Waals surface area contributed by atoms with Crippen LogP contribution in [0.25, 0.3) is 0 Å². The van der Waals surface area contributed by atoms with Crippen molar-refractivity contribution < 1.29 is 13.5 Å². The maximum atomic E-state index is 11.8. The summed E-state index contributed by atoms with van der Waals surface area (Å²) in [6, 6.07) is 6.84. The predicted molar refractivity (Wildman–Crippen MR) is 69.0 cm³/mol. The highest BCUT2D eigenvalue weighted by molar-refractivity contribution is 7.91. The molecule has 5 heteroatoms. The summed E-state index contributed by atoms with van der Waals surface area (Å²) in [5.74, 6) is 0.0854. The third-order valence-electron chi connectivity index (χ3n) is 2.48. The van der Waals surface area contributed by atoms with Gasteiger partial charge in [0.1, 0.15) is 0 Å². The fraction of sp³-hybridized carbons (Fsp3) is 0.500. The van der Waals surface area contributed by atoms with Crippen molar-refractivity contribution in [3.8, 4) is 0 Å². The highest BCUT2D eigenvalue weighted by Crippen LogP contribution is 2.21. The van der Waals surface area contributed by atoms with Crippen molar-refractivity contribution in [2.45, 2.75) is 31.3 Å². The molecule has 0 spiro atoms. The zero-order valence-corrected chi connectivity index (χ0v) is 11.0. The van der Waals surface area contributed by atoms with Crippen LogP contribution in [-0.2, 0) is 9.84 Å². The number of rotatable bonds is 6. The molecule has 17 heavy (non-hydrogen) atoms. The Labute approximate surface area is 103 Å². The minimum absolute atomic E-state index is 0.0854. The Kier molecular flexibility index (Phi) is 4.96. The van der Waals surface area contributed by atoms with Crippen LogP contribution >= 0.6 is 0 Å². The van der Waals surface area contributed by atoms with Crippen LogP contribution in [0.2, 0.25) is 0 Å². The first-order valence-electron chi connectivity index (χ1n) is 5.71. The van der Waals surface area contributed by atoms with Gasteiger partial charge >= 0.3 is 0 Å². The lowest BCUT2D eigenvalue weighted by Crippen LogP contribution is -2.13. The van der Waals surface area contributed by atoms with Gasteiger partial charge in [-0.25, -0.2) is 8.42 Å². The second-order valence-electron chi connectivity index (χ2n) is 3.96. The summed E-state index contributed by atoms with van der Waals surface area (Å²) >= 11 is 0. The van der Waals surface area contributed by atoms with Gasteiger partial charge in [0.15, 0.2) is 9.84 Å². The van der Waals surface area contributed by atoms with E-state index in [9.17, 15) is 8.42 Å². The predicted octanol–water partition coefficient (Wildman–Crippen LogP) is 1.66. The van der Waals surface area contributed by atoms with E-state index in [4.69, 9.17) is 5.11 Å². The fourth-order valence-corrected chi connectivity index (χ4v) is 2.53. The number of nitrogens with one attached hydrogen (secondary N) is 1. The summed E-state index contributed by atoms with van der Waals surface area (Å²) in [6.45, 7) is 3.88. The van der Waals surface area contributed by atoms with Gasteiger partial charge in [0, 0.05) is 6.54 Å². The lowest BCUT2D eigenvalue weighted by atomic mass is 10.2. The average molecular weight is 257 g/mol. The fourth-order valence-electron chi connectivity index (χ4n) is 1.46. The molecule has 0 aliphatic heterocycles. The number of hydrogen-bond acceptors (Lipinski definition) is 4. The topological polar surface area (TPSA) is 66.4 Å². The molecule has 0 amide bonds. The highest BCUT2D eigenvalue weighted by Gasteiger charge is 2.15. The minimum Gasteiger partial charge on any atom is -0.393 e. The highest BCUT2D eigenvalue weighted by atomic mass is 32.2. The molecular weight excluding hydrogens is 238 g/mol. The maximum absolute atomic E-state index is 11.8. The number of benzene rings is 1. The first-order valence-corrected chi connectivity index (χ1v) is 7.36. The molecule has 0 aromatic heterocycles. The van der Waals surface area contributed by atoms with E-state index in [1.807, 2.05) is 0 Å². The molecule has 2 N–H and O–H groups in total. The van der Waals surface area contributed by atoms with Gasteiger partial charge in [-0.15, -0.1) is 0 Å². The third kappa shape index (κ3) is 4.02. The van der Waals surface area contributed by atoms with Crippen LogP contribution in [-0.4, -0.2) is 31.9 Å². The molecule has 1 aromatic carbocycles. The Bertz CT molecular complexity index is 455. The van der Waals surface area contributed by atoms with Crippen LogP contribution in [0.5, 0.6) is 0 Å². The summed E-state index contributed by atoms with van der Waals surface area (Å²) in [5.41, 5.74) is 0.606. The number of hydrogen-bond donors (Lipinski definition) is 2. The number of aliphatic hydroxyl groups excluding tert-OH is 1. The molecule has 0 bridgehead atoms. The van der Waals surface area contributed by atoms with Crippen LogP contribution < -0.4 is 5.32 Å². The van der Waals surface area contributed by atoms with E-state index in [0.717, 1.165) is 0 Å². The summed E-state index contributed by atoms with van der Waals surface area (Å²) in [5, 5.41) is 12.2. The summed E-state index contributed by atoms with van der Waals surface area (Å²) in [4.78, 5) is 0.327. The van der Waals surface area contributed by atoms with Crippen LogP contribution in [0.3, 0.4) is 0 Å². The quantitative estimate of drug-likeness (QED) is 0.813. The Balaban J connectivity index is 2.86. The Morgan fingerprint density at radius 2 is 2.00 bits per heavy atom. The molecule has 1 atom stereocenters. The van der Waals surface area contributed by atoms with Crippen molar-refractivity contribution in [2.75, 3.05) is 17.6 Å². The standard InChI is InChI=1S/C12H19NO3S/c1-3-17(15,16)12-7-5-4-6-11(12)13-9-8-10(2)14/h4-7,10,13-14H,3,8-9H2,1-2H3. The summed E-state index contributed by atoms with van der Waals surface area (Å²) < 4.78 is 23.7. The SMILES string of the molecule is CCS(=O)(=O)c1ccccc1NCCC(C)O. The summed E-state index contributed by atoms with van der Waals surface area (Å²) in [6.07, 6.45) is 0.193. The van der Waals surface area contributed by atoms with Gasteiger partial charge in [-0.05, 0) is 25.5 Å². The zero-order chi connectivity index (χ0) is 12.9. The maximum Gasteiger partial charge on any atom is 0.180 e. The van der Waals surface area contributed by atoms with E-state index in [0.29, 0.717) is 23.5 Å².